The summed E-state index contributed by atoms with van der Waals surface area (Å²) in [6, 6.07) is 3.66. The van der Waals surface area contributed by atoms with Gasteiger partial charge in [0.05, 0.1) is 10.9 Å². The predicted octanol–water partition coefficient (Wildman–Crippen LogP) is 2.20. The Hall–Kier alpha value is -2.41. The first kappa shape index (κ1) is 18.6. The fraction of sp³-hybridized carbons (Fsp3) is 0.267. The van der Waals surface area contributed by atoms with E-state index in [-0.39, 0.29) is 17.3 Å². The van der Waals surface area contributed by atoms with Gasteiger partial charge in [0.1, 0.15) is 5.82 Å². The lowest BCUT2D eigenvalue weighted by Gasteiger charge is -2.09. The second kappa shape index (κ2) is 8.89. The highest BCUT2D eigenvalue weighted by molar-refractivity contribution is 6.31. The third kappa shape index (κ3) is 6.48. The molecule has 1 rings (SSSR count). The van der Waals surface area contributed by atoms with Crippen LogP contribution in [0.1, 0.15) is 13.3 Å². The highest BCUT2D eigenvalue weighted by atomic mass is 35.5. The quantitative estimate of drug-likeness (QED) is 0.662. The lowest BCUT2D eigenvalue weighted by Crippen LogP contribution is -2.31. The molecule has 23 heavy (non-hydrogen) atoms. The van der Waals surface area contributed by atoms with E-state index in [9.17, 15) is 18.8 Å². The summed E-state index contributed by atoms with van der Waals surface area (Å²) in [6.45, 7) is 1.67. The van der Waals surface area contributed by atoms with Crippen LogP contribution in [0.5, 0.6) is 0 Å². The number of nitrogens with one attached hydrogen (secondary N) is 2. The number of amides is 2. The lowest BCUT2D eigenvalue weighted by atomic mass is 10.1. The van der Waals surface area contributed by atoms with Gasteiger partial charge in [-0.25, -0.2) is 4.39 Å². The molecular formula is C15H16ClFN2O4. The van der Waals surface area contributed by atoms with E-state index in [1.807, 2.05) is 0 Å². The van der Waals surface area contributed by atoms with Crippen molar-refractivity contribution in [3.63, 3.8) is 0 Å². The molecule has 3 N–H and O–H groups in total. The van der Waals surface area contributed by atoms with Gasteiger partial charge in [0, 0.05) is 24.4 Å². The van der Waals surface area contributed by atoms with Crippen molar-refractivity contribution in [1.82, 2.24) is 5.32 Å². The fourth-order valence-electron chi connectivity index (χ4n) is 1.60. The molecule has 8 heteroatoms. The molecule has 0 aromatic heterocycles. The zero-order chi connectivity index (χ0) is 17.4. The molecule has 1 aromatic rings. The number of halogens is 2. The van der Waals surface area contributed by atoms with Gasteiger partial charge in [-0.05, 0) is 24.6 Å². The van der Waals surface area contributed by atoms with Gasteiger partial charge >= 0.3 is 5.97 Å². The minimum absolute atomic E-state index is 0.0236. The topological polar surface area (TPSA) is 95.5 Å². The van der Waals surface area contributed by atoms with Gasteiger partial charge in [-0.3, -0.25) is 14.4 Å². The van der Waals surface area contributed by atoms with E-state index in [0.717, 1.165) is 18.2 Å². The van der Waals surface area contributed by atoms with Crippen LogP contribution in [-0.4, -0.2) is 29.4 Å². The van der Waals surface area contributed by atoms with Crippen molar-refractivity contribution in [3.8, 4) is 0 Å². The summed E-state index contributed by atoms with van der Waals surface area (Å²) >= 11 is 5.58. The van der Waals surface area contributed by atoms with Crippen molar-refractivity contribution >= 4 is 35.1 Å². The molecule has 0 aliphatic rings. The molecule has 0 bridgehead atoms. The van der Waals surface area contributed by atoms with Crippen LogP contribution in [0, 0.1) is 11.7 Å². The Balaban J connectivity index is 2.49. The Labute approximate surface area is 137 Å². The Morgan fingerprint density at radius 3 is 2.52 bits per heavy atom. The Bertz CT molecular complexity index is 634. The number of aliphatic carboxylic acids is 1. The first-order chi connectivity index (χ1) is 10.8. The van der Waals surface area contributed by atoms with E-state index in [1.54, 1.807) is 6.92 Å². The standard InChI is InChI=1S/C15H16ClFN2O4/c1-2-9(15(22)23)8-18-13(20)5-6-14(21)19-10-3-4-12(17)11(16)7-10/h3-7,9H,2,8H2,1H3,(H,18,20)(H,19,21)(H,22,23)/b6-5+. The molecule has 0 aliphatic carbocycles. The molecule has 0 heterocycles. The first-order valence-corrected chi connectivity index (χ1v) is 7.16. The number of carbonyl (C=O) groups excluding carboxylic acids is 2. The minimum Gasteiger partial charge on any atom is -0.481 e. The summed E-state index contributed by atoms with van der Waals surface area (Å²) < 4.78 is 13.0. The van der Waals surface area contributed by atoms with Crippen molar-refractivity contribution in [3.05, 3.63) is 41.2 Å². The zero-order valence-electron chi connectivity index (χ0n) is 12.3. The van der Waals surface area contributed by atoms with Crippen LogP contribution < -0.4 is 10.6 Å². The molecule has 0 fully saturated rings. The van der Waals surface area contributed by atoms with Gasteiger partial charge < -0.3 is 15.7 Å². The van der Waals surface area contributed by atoms with Crippen LogP contribution >= 0.6 is 11.6 Å². The Kier molecular flexibility index (Phi) is 7.21. The summed E-state index contributed by atoms with van der Waals surface area (Å²) in [7, 11) is 0. The van der Waals surface area contributed by atoms with Crippen LogP contribution in [0.3, 0.4) is 0 Å². The van der Waals surface area contributed by atoms with Gasteiger partial charge in [0.2, 0.25) is 11.8 Å². The second-order valence-electron chi connectivity index (χ2n) is 4.64. The van der Waals surface area contributed by atoms with Gasteiger partial charge in [0.25, 0.3) is 0 Å². The molecule has 124 valence electrons. The van der Waals surface area contributed by atoms with Crippen molar-refractivity contribution in [2.75, 3.05) is 11.9 Å². The molecule has 1 atom stereocenters. The number of hydrogen-bond donors (Lipinski definition) is 3. The number of rotatable bonds is 7. The van der Waals surface area contributed by atoms with E-state index in [4.69, 9.17) is 16.7 Å². The van der Waals surface area contributed by atoms with Gasteiger partial charge in [0.15, 0.2) is 0 Å². The van der Waals surface area contributed by atoms with E-state index in [1.165, 1.54) is 12.1 Å². The maximum atomic E-state index is 13.0. The van der Waals surface area contributed by atoms with Crippen LogP contribution in [0.15, 0.2) is 30.4 Å². The van der Waals surface area contributed by atoms with Crippen molar-refractivity contribution in [2.45, 2.75) is 13.3 Å². The van der Waals surface area contributed by atoms with Crippen LogP contribution in [0.25, 0.3) is 0 Å². The Morgan fingerprint density at radius 1 is 1.30 bits per heavy atom. The van der Waals surface area contributed by atoms with Gasteiger partial charge in [-0.2, -0.15) is 0 Å². The van der Waals surface area contributed by atoms with Crippen molar-refractivity contribution in [2.24, 2.45) is 5.92 Å². The maximum Gasteiger partial charge on any atom is 0.308 e. The summed E-state index contributed by atoms with van der Waals surface area (Å²) in [5.41, 5.74) is 0.281. The molecular weight excluding hydrogens is 327 g/mol. The highest BCUT2D eigenvalue weighted by Gasteiger charge is 2.15. The van der Waals surface area contributed by atoms with Crippen LogP contribution in [0.4, 0.5) is 10.1 Å². The zero-order valence-corrected chi connectivity index (χ0v) is 13.1. The molecule has 0 aliphatic heterocycles. The van der Waals surface area contributed by atoms with Crippen LogP contribution in [-0.2, 0) is 14.4 Å². The number of carboxylic acids is 1. The molecule has 1 aromatic carbocycles. The predicted molar refractivity (Wildman–Crippen MR) is 83.6 cm³/mol. The van der Waals surface area contributed by atoms with Crippen LogP contribution in [0.2, 0.25) is 5.02 Å². The average molecular weight is 343 g/mol. The number of benzene rings is 1. The SMILES string of the molecule is CCC(CNC(=O)/C=C/C(=O)Nc1ccc(F)c(Cl)c1)C(=O)O. The molecule has 0 spiro atoms. The van der Waals surface area contributed by atoms with Crippen molar-refractivity contribution < 1.29 is 23.9 Å². The molecule has 6 nitrogen and oxygen atoms in total. The molecule has 2 amide bonds. The molecule has 0 saturated carbocycles. The number of carboxylic acid groups (broad SMARTS) is 1. The van der Waals surface area contributed by atoms with E-state index in [2.05, 4.69) is 10.6 Å². The molecule has 1 unspecified atom stereocenters. The third-order valence-electron chi connectivity index (χ3n) is 2.94. The number of hydrogen-bond acceptors (Lipinski definition) is 3. The third-order valence-corrected chi connectivity index (χ3v) is 3.23. The smallest absolute Gasteiger partial charge is 0.308 e. The Morgan fingerprint density at radius 2 is 1.96 bits per heavy atom. The van der Waals surface area contributed by atoms with Gasteiger partial charge in [-0.1, -0.05) is 18.5 Å². The minimum atomic E-state index is -0.997. The average Bonchev–Trinajstić information content (AvgIpc) is 2.49. The second-order valence-corrected chi connectivity index (χ2v) is 5.05. The summed E-state index contributed by atoms with van der Waals surface area (Å²) in [4.78, 5) is 33.9. The molecule has 0 saturated heterocycles. The van der Waals surface area contributed by atoms with E-state index in [0.29, 0.717) is 6.42 Å². The fourth-order valence-corrected chi connectivity index (χ4v) is 1.78. The largest absolute Gasteiger partial charge is 0.481 e. The summed E-state index contributed by atoms with van der Waals surface area (Å²) in [5, 5.41) is 13.5. The normalized spacial score (nSPS) is 12.0. The monoisotopic (exact) mass is 342 g/mol. The first-order valence-electron chi connectivity index (χ1n) is 6.78. The van der Waals surface area contributed by atoms with E-state index >= 15 is 0 Å². The maximum absolute atomic E-state index is 13.0. The van der Waals surface area contributed by atoms with Gasteiger partial charge in [-0.15, -0.1) is 0 Å². The van der Waals surface area contributed by atoms with E-state index < -0.39 is 29.5 Å². The summed E-state index contributed by atoms with van der Waals surface area (Å²) in [5.74, 6) is -3.47. The molecule has 0 radical (unpaired) electrons. The summed E-state index contributed by atoms with van der Waals surface area (Å²) in [6.07, 6.45) is 2.34. The lowest BCUT2D eigenvalue weighted by molar-refractivity contribution is -0.141. The number of carbonyl (C=O) groups is 3. The highest BCUT2D eigenvalue weighted by Crippen LogP contribution is 2.19. The number of anilines is 1. The van der Waals surface area contributed by atoms with Crippen molar-refractivity contribution in [1.29, 1.82) is 0 Å².